The second-order valence-electron chi connectivity index (χ2n) is 4.84. The molecule has 0 bridgehead atoms. The van der Waals surface area contributed by atoms with Gasteiger partial charge in [-0.15, -0.1) is 10.2 Å². The second kappa shape index (κ2) is 7.02. The molecule has 2 aromatic rings. The number of rotatable bonds is 5. The van der Waals surface area contributed by atoms with E-state index in [1.54, 1.807) is 13.0 Å². The Balaban J connectivity index is 2.02. The number of nitrogens with two attached hydrogens (primary N) is 1. The molecule has 1 aromatic heterocycles. The van der Waals surface area contributed by atoms with Crippen LogP contribution >= 0.6 is 23.4 Å². The van der Waals surface area contributed by atoms with E-state index in [4.69, 9.17) is 17.4 Å². The maximum Gasteiger partial charge on any atom is 0.237 e. The van der Waals surface area contributed by atoms with Crippen molar-refractivity contribution in [3.8, 4) is 0 Å². The normalized spacial score (nSPS) is 12.2. The summed E-state index contributed by atoms with van der Waals surface area (Å²) in [6.07, 6.45) is 0.687. The molecule has 0 fully saturated rings. The third-order valence-corrected chi connectivity index (χ3v) is 4.61. The van der Waals surface area contributed by atoms with Gasteiger partial charge < -0.3 is 11.2 Å². The van der Waals surface area contributed by atoms with Crippen LogP contribution in [0.5, 0.6) is 0 Å². The number of hydrogen-bond acceptors (Lipinski definition) is 5. The van der Waals surface area contributed by atoms with Crippen LogP contribution in [0, 0.1) is 6.92 Å². The van der Waals surface area contributed by atoms with Crippen LogP contribution in [0.2, 0.25) is 5.02 Å². The molecular formula is C14H18ClN5OS. The number of thioether (sulfide) groups is 1. The summed E-state index contributed by atoms with van der Waals surface area (Å²) >= 11 is 7.31. The van der Waals surface area contributed by atoms with Crippen LogP contribution in [0.4, 0.5) is 5.69 Å². The number of hydrogen-bond donors (Lipinski definition) is 2. The molecule has 0 aliphatic carbocycles. The van der Waals surface area contributed by atoms with E-state index in [1.807, 2.05) is 26.0 Å². The van der Waals surface area contributed by atoms with Crippen molar-refractivity contribution in [3.05, 3.63) is 34.6 Å². The van der Waals surface area contributed by atoms with Crippen molar-refractivity contribution in [1.82, 2.24) is 14.9 Å². The molecule has 0 spiro atoms. The summed E-state index contributed by atoms with van der Waals surface area (Å²) in [5, 5.41) is 11.6. The average molecular weight is 340 g/mol. The molecular weight excluding hydrogens is 322 g/mol. The Labute approximate surface area is 138 Å². The lowest BCUT2D eigenvalue weighted by molar-refractivity contribution is -0.115. The molecule has 8 heteroatoms. The van der Waals surface area contributed by atoms with Crippen molar-refractivity contribution in [2.45, 2.75) is 37.6 Å². The monoisotopic (exact) mass is 339 g/mol. The first-order valence-electron chi connectivity index (χ1n) is 6.85. The molecule has 1 amide bonds. The minimum absolute atomic E-state index is 0.147. The Morgan fingerprint density at radius 2 is 2.23 bits per heavy atom. The predicted molar refractivity (Wildman–Crippen MR) is 89.7 cm³/mol. The van der Waals surface area contributed by atoms with Crippen molar-refractivity contribution in [2.75, 3.05) is 11.2 Å². The van der Waals surface area contributed by atoms with E-state index >= 15 is 0 Å². The Hall–Kier alpha value is -1.73. The number of nitrogens with zero attached hydrogens (tertiary/aromatic N) is 3. The number of aryl methyl sites for hydroxylation is 2. The number of benzene rings is 1. The summed E-state index contributed by atoms with van der Waals surface area (Å²) in [4.78, 5) is 12.2. The summed E-state index contributed by atoms with van der Waals surface area (Å²) in [6, 6.07) is 5.41. The maximum atomic E-state index is 12.2. The lowest BCUT2D eigenvalue weighted by Crippen LogP contribution is -2.23. The highest BCUT2D eigenvalue weighted by atomic mass is 35.5. The molecule has 0 radical (unpaired) electrons. The molecule has 3 N–H and O–H groups in total. The first-order valence-corrected chi connectivity index (χ1v) is 8.11. The van der Waals surface area contributed by atoms with Gasteiger partial charge in [-0.25, -0.2) is 4.68 Å². The maximum absolute atomic E-state index is 12.2. The molecule has 0 saturated carbocycles. The smallest absolute Gasteiger partial charge is 0.237 e. The Morgan fingerprint density at radius 3 is 2.82 bits per heavy atom. The van der Waals surface area contributed by atoms with E-state index in [-0.39, 0.29) is 11.2 Å². The SMILES string of the molecule is CCc1nnc(S[C@@H](C)C(=O)Nc2ccc(C)c(Cl)c2)n1N. The highest BCUT2D eigenvalue weighted by molar-refractivity contribution is 8.00. The fraction of sp³-hybridized carbons (Fsp3) is 0.357. The number of anilines is 1. The fourth-order valence-corrected chi connectivity index (χ4v) is 2.72. The van der Waals surface area contributed by atoms with Gasteiger partial charge in [0.05, 0.1) is 5.25 Å². The van der Waals surface area contributed by atoms with Gasteiger partial charge in [-0.1, -0.05) is 36.4 Å². The van der Waals surface area contributed by atoms with Crippen molar-refractivity contribution in [1.29, 1.82) is 0 Å². The molecule has 1 aromatic carbocycles. The molecule has 1 heterocycles. The van der Waals surface area contributed by atoms with E-state index in [9.17, 15) is 4.79 Å². The Kier molecular flexibility index (Phi) is 5.31. The number of aromatic nitrogens is 3. The largest absolute Gasteiger partial charge is 0.336 e. The summed E-state index contributed by atoms with van der Waals surface area (Å²) in [6.45, 7) is 5.64. The lowest BCUT2D eigenvalue weighted by Gasteiger charge is -2.12. The van der Waals surface area contributed by atoms with Crippen LogP contribution in [-0.2, 0) is 11.2 Å². The van der Waals surface area contributed by atoms with Gasteiger partial charge in [-0.05, 0) is 31.5 Å². The number of halogens is 1. The van der Waals surface area contributed by atoms with E-state index in [0.717, 1.165) is 5.56 Å². The molecule has 22 heavy (non-hydrogen) atoms. The van der Waals surface area contributed by atoms with Gasteiger partial charge in [0.25, 0.3) is 0 Å². The first kappa shape index (κ1) is 16.6. The summed E-state index contributed by atoms with van der Waals surface area (Å²) in [5.41, 5.74) is 1.63. The lowest BCUT2D eigenvalue weighted by atomic mass is 10.2. The number of amides is 1. The zero-order valence-electron chi connectivity index (χ0n) is 12.6. The molecule has 0 saturated heterocycles. The van der Waals surface area contributed by atoms with Crippen LogP contribution in [0.3, 0.4) is 0 Å². The minimum Gasteiger partial charge on any atom is -0.336 e. The van der Waals surface area contributed by atoms with Crippen molar-refractivity contribution >= 4 is 35.0 Å². The van der Waals surface area contributed by atoms with Crippen LogP contribution < -0.4 is 11.2 Å². The fourth-order valence-electron chi connectivity index (χ4n) is 1.75. The van der Waals surface area contributed by atoms with Crippen molar-refractivity contribution in [2.24, 2.45) is 0 Å². The minimum atomic E-state index is -0.365. The van der Waals surface area contributed by atoms with Crippen LogP contribution in [0.25, 0.3) is 0 Å². The highest BCUT2D eigenvalue weighted by Gasteiger charge is 2.19. The summed E-state index contributed by atoms with van der Waals surface area (Å²) in [5.74, 6) is 6.41. The van der Waals surface area contributed by atoms with Crippen LogP contribution in [-0.4, -0.2) is 26.0 Å². The van der Waals surface area contributed by atoms with Gasteiger partial charge in [0.2, 0.25) is 11.1 Å². The van der Waals surface area contributed by atoms with Crippen molar-refractivity contribution < 1.29 is 4.79 Å². The van der Waals surface area contributed by atoms with Crippen LogP contribution in [0.1, 0.15) is 25.2 Å². The summed E-state index contributed by atoms with van der Waals surface area (Å²) < 4.78 is 1.41. The topological polar surface area (TPSA) is 85.8 Å². The van der Waals surface area contributed by atoms with Crippen molar-refractivity contribution in [3.63, 3.8) is 0 Å². The molecule has 0 aliphatic rings. The number of carbonyl (C=O) groups excluding carboxylic acids is 1. The van der Waals surface area contributed by atoms with Gasteiger partial charge in [0.15, 0.2) is 5.82 Å². The van der Waals surface area contributed by atoms with Gasteiger partial charge in [0.1, 0.15) is 0 Å². The van der Waals surface area contributed by atoms with Gasteiger partial charge in [-0.2, -0.15) is 0 Å². The zero-order chi connectivity index (χ0) is 16.3. The molecule has 1 atom stereocenters. The van der Waals surface area contributed by atoms with Gasteiger partial charge >= 0.3 is 0 Å². The Bertz CT molecular complexity index is 688. The highest BCUT2D eigenvalue weighted by Crippen LogP contribution is 2.24. The third kappa shape index (κ3) is 3.72. The third-order valence-electron chi connectivity index (χ3n) is 3.14. The molecule has 118 valence electrons. The summed E-state index contributed by atoms with van der Waals surface area (Å²) in [7, 11) is 0. The van der Waals surface area contributed by atoms with E-state index in [1.165, 1.54) is 16.4 Å². The average Bonchev–Trinajstić information content (AvgIpc) is 2.83. The molecule has 0 unspecified atom stereocenters. The molecule has 2 rings (SSSR count). The molecule has 6 nitrogen and oxygen atoms in total. The number of nitrogen functional groups attached to an aromatic ring is 1. The quantitative estimate of drug-likeness (QED) is 0.646. The van der Waals surface area contributed by atoms with E-state index in [0.29, 0.717) is 28.1 Å². The van der Waals surface area contributed by atoms with E-state index < -0.39 is 0 Å². The standard InChI is InChI=1S/C14H18ClN5OS/c1-4-12-18-19-14(20(12)16)22-9(3)13(21)17-10-6-5-8(2)11(15)7-10/h5-7,9H,4,16H2,1-3H3,(H,17,21)/t9-/m0/s1. The molecule has 0 aliphatic heterocycles. The van der Waals surface area contributed by atoms with E-state index in [2.05, 4.69) is 15.5 Å². The Morgan fingerprint density at radius 1 is 1.50 bits per heavy atom. The van der Waals surface area contributed by atoms with Crippen LogP contribution in [0.15, 0.2) is 23.4 Å². The number of nitrogens with one attached hydrogen (secondary N) is 1. The first-order chi connectivity index (χ1) is 10.4. The van der Waals surface area contributed by atoms with Gasteiger partial charge in [0, 0.05) is 17.1 Å². The zero-order valence-corrected chi connectivity index (χ0v) is 14.2. The second-order valence-corrected chi connectivity index (χ2v) is 6.55. The predicted octanol–water partition coefficient (Wildman–Crippen LogP) is 2.64. The van der Waals surface area contributed by atoms with Gasteiger partial charge in [-0.3, -0.25) is 4.79 Å². The number of carbonyl (C=O) groups is 1.